The van der Waals surface area contributed by atoms with E-state index in [1.54, 1.807) is 0 Å². The van der Waals surface area contributed by atoms with E-state index in [2.05, 4.69) is 31.0 Å². The van der Waals surface area contributed by atoms with E-state index in [9.17, 15) is 4.79 Å². The van der Waals surface area contributed by atoms with Gasteiger partial charge in [-0.15, -0.1) is 0 Å². The molecule has 2 fully saturated rings. The molecule has 0 saturated carbocycles. The highest BCUT2D eigenvalue weighted by Gasteiger charge is 2.37. The van der Waals surface area contributed by atoms with Crippen LogP contribution in [0.2, 0.25) is 0 Å². The first-order valence-corrected chi connectivity index (χ1v) is 7.42. The predicted molar refractivity (Wildman–Crippen MR) is 73.5 cm³/mol. The van der Waals surface area contributed by atoms with Crippen molar-refractivity contribution in [3.05, 3.63) is 0 Å². The van der Waals surface area contributed by atoms with Gasteiger partial charge in [-0.25, -0.2) is 0 Å². The number of carbonyl (C=O) groups excluding carboxylic acids is 1. The summed E-state index contributed by atoms with van der Waals surface area (Å²) in [6.07, 6.45) is 3.64. The molecule has 3 unspecified atom stereocenters. The fourth-order valence-electron chi connectivity index (χ4n) is 3.48. The summed E-state index contributed by atoms with van der Waals surface area (Å²) < 4.78 is 0. The lowest BCUT2D eigenvalue weighted by Gasteiger charge is -2.37. The number of nitrogens with zero attached hydrogens (tertiary/aromatic N) is 2. The van der Waals surface area contributed by atoms with Gasteiger partial charge in [-0.2, -0.15) is 0 Å². The smallest absolute Gasteiger partial charge is 0.239 e. The third-order valence-electron chi connectivity index (χ3n) is 4.55. The summed E-state index contributed by atoms with van der Waals surface area (Å²) in [5.74, 6) is 0.323. The number of rotatable bonds is 3. The second-order valence-electron chi connectivity index (χ2n) is 5.69. The van der Waals surface area contributed by atoms with E-state index in [0.717, 1.165) is 32.6 Å². The van der Waals surface area contributed by atoms with Gasteiger partial charge in [0.25, 0.3) is 0 Å². The van der Waals surface area contributed by atoms with Crippen LogP contribution in [0.5, 0.6) is 0 Å². The zero-order valence-corrected chi connectivity index (χ0v) is 12.0. The van der Waals surface area contributed by atoms with Gasteiger partial charge in [-0.1, -0.05) is 6.92 Å². The van der Waals surface area contributed by atoms with Crippen LogP contribution in [0.4, 0.5) is 0 Å². The lowest BCUT2D eigenvalue weighted by atomic mass is 10.1. The zero-order valence-electron chi connectivity index (χ0n) is 12.0. The minimum atomic E-state index is 0.0468. The Hall–Kier alpha value is -0.610. The van der Waals surface area contributed by atoms with Crippen LogP contribution in [0.3, 0.4) is 0 Å². The number of hydrogen-bond acceptors (Lipinski definition) is 3. The van der Waals surface area contributed by atoms with Gasteiger partial charge in [-0.3, -0.25) is 9.69 Å². The Labute approximate surface area is 111 Å². The van der Waals surface area contributed by atoms with Crippen LogP contribution in [0.25, 0.3) is 0 Å². The molecule has 0 aliphatic carbocycles. The van der Waals surface area contributed by atoms with Gasteiger partial charge >= 0.3 is 0 Å². The number of amides is 1. The Kier molecular flexibility index (Phi) is 4.62. The van der Waals surface area contributed by atoms with Crippen molar-refractivity contribution in [1.29, 1.82) is 0 Å². The molecule has 4 nitrogen and oxygen atoms in total. The van der Waals surface area contributed by atoms with Gasteiger partial charge in [0.15, 0.2) is 0 Å². The van der Waals surface area contributed by atoms with Crippen LogP contribution in [-0.2, 0) is 4.79 Å². The molecule has 1 amide bonds. The molecule has 1 N–H and O–H groups in total. The Bertz CT molecular complexity index is 289. The first-order chi connectivity index (χ1) is 8.65. The standard InChI is InChI=1S/C14H27N3O/c1-4-13-6-5-11(2)17(13)12(3)14(18)16-9-7-15-8-10-16/h11-13,15H,4-10H2,1-3H3. The van der Waals surface area contributed by atoms with Gasteiger partial charge in [0.1, 0.15) is 0 Å². The molecule has 18 heavy (non-hydrogen) atoms. The quantitative estimate of drug-likeness (QED) is 0.817. The Balaban J connectivity index is 2.00. The third-order valence-corrected chi connectivity index (χ3v) is 4.55. The highest BCUT2D eigenvalue weighted by molar-refractivity contribution is 5.81. The van der Waals surface area contributed by atoms with Gasteiger partial charge in [-0.05, 0) is 33.1 Å². The van der Waals surface area contributed by atoms with Crippen LogP contribution in [0.1, 0.15) is 40.0 Å². The van der Waals surface area contributed by atoms with Crippen molar-refractivity contribution in [3.63, 3.8) is 0 Å². The molecule has 0 radical (unpaired) electrons. The molecule has 3 atom stereocenters. The van der Waals surface area contributed by atoms with E-state index in [-0.39, 0.29) is 6.04 Å². The van der Waals surface area contributed by atoms with Crippen molar-refractivity contribution >= 4 is 5.91 Å². The molecule has 4 heteroatoms. The van der Waals surface area contributed by atoms with E-state index in [1.807, 2.05) is 4.90 Å². The first-order valence-electron chi connectivity index (χ1n) is 7.42. The maximum atomic E-state index is 12.5. The maximum absolute atomic E-state index is 12.5. The monoisotopic (exact) mass is 253 g/mol. The summed E-state index contributed by atoms with van der Waals surface area (Å²) in [6, 6.07) is 1.20. The number of hydrogen-bond donors (Lipinski definition) is 1. The van der Waals surface area contributed by atoms with Crippen molar-refractivity contribution in [1.82, 2.24) is 15.1 Å². The van der Waals surface area contributed by atoms with E-state index in [4.69, 9.17) is 0 Å². The molecular weight excluding hydrogens is 226 g/mol. The van der Waals surface area contributed by atoms with Crippen molar-refractivity contribution < 1.29 is 4.79 Å². The largest absolute Gasteiger partial charge is 0.339 e. The Morgan fingerprint density at radius 1 is 1.33 bits per heavy atom. The topological polar surface area (TPSA) is 35.6 Å². The Morgan fingerprint density at radius 3 is 2.61 bits per heavy atom. The van der Waals surface area contributed by atoms with Crippen LogP contribution >= 0.6 is 0 Å². The molecule has 2 rings (SSSR count). The zero-order chi connectivity index (χ0) is 13.1. The molecule has 2 aliphatic rings. The normalized spacial score (nSPS) is 31.6. The molecule has 104 valence electrons. The lowest BCUT2D eigenvalue weighted by molar-refractivity contribution is -0.138. The fraction of sp³-hybridized carbons (Fsp3) is 0.929. The highest BCUT2D eigenvalue weighted by Crippen LogP contribution is 2.28. The number of nitrogens with one attached hydrogen (secondary N) is 1. The summed E-state index contributed by atoms with van der Waals surface area (Å²) in [6.45, 7) is 10.2. The molecule has 0 bridgehead atoms. The van der Waals surface area contributed by atoms with Gasteiger partial charge < -0.3 is 10.2 Å². The minimum Gasteiger partial charge on any atom is -0.339 e. The Morgan fingerprint density at radius 2 is 2.00 bits per heavy atom. The predicted octanol–water partition coefficient (Wildman–Crippen LogP) is 1.07. The second-order valence-corrected chi connectivity index (χ2v) is 5.69. The molecular formula is C14H27N3O. The number of carbonyl (C=O) groups is 1. The molecule has 0 aromatic heterocycles. The summed E-state index contributed by atoms with van der Waals surface area (Å²) in [5, 5.41) is 3.30. The molecule has 0 spiro atoms. The summed E-state index contributed by atoms with van der Waals surface area (Å²) >= 11 is 0. The van der Waals surface area contributed by atoms with Crippen LogP contribution in [0.15, 0.2) is 0 Å². The van der Waals surface area contributed by atoms with Gasteiger partial charge in [0.05, 0.1) is 6.04 Å². The van der Waals surface area contributed by atoms with Gasteiger partial charge in [0.2, 0.25) is 5.91 Å². The van der Waals surface area contributed by atoms with Crippen LogP contribution in [-0.4, -0.2) is 60.0 Å². The third kappa shape index (κ3) is 2.69. The highest BCUT2D eigenvalue weighted by atomic mass is 16.2. The van der Waals surface area contributed by atoms with Gasteiger partial charge in [0, 0.05) is 38.3 Å². The van der Waals surface area contributed by atoms with Crippen molar-refractivity contribution in [3.8, 4) is 0 Å². The summed E-state index contributed by atoms with van der Waals surface area (Å²) in [7, 11) is 0. The molecule has 0 aromatic rings. The van der Waals surface area contributed by atoms with E-state index in [1.165, 1.54) is 12.8 Å². The SMILES string of the molecule is CCC1CCC(C)N1C(C)C(=O)N1CCNCC1. The molecule has 2 heterocycles. The second kappa shape index (κ2) is 6.02. The molecule has 2 aliphatic heterocycles. The van der Waals surface area contributed by atoms with Crippen molar-refractivity contribution in [2.75, 3.05) is 26.2 Å². The summed E-state index contributed by atoms with van der Waals surface area (Å²) in [5.41, 5.74) is 0. The average molecular weight is 253 g/mol. The van der Waals surface area contributed by atoms with Crippen molar-refractivity contribution in [2.24, 2.45) is 0 Å². The minimum absolute atomic E-state index is 0.0468. The van der Waals surface area contributed by atoms with Crippen molar-refractivity contribution in [2.45, 2.75) is 58.2 Å². The van der Waals surface area contributed by atoms with E-state index < -0.39 is 0 Å². The maximum Gasteiger partial charge on any atom is 0.239 e. The number of likely N-dealkylation sites (tertiary alicyclic amines) is 1. The van der Waals surface area contributed by atoms with E-state index >= 15 is 0 Å². The number of piperazine rings is 1. The van der Waals surface area contributed by atoms with E-state index in [0.29, 0.717) is 18.0 Å². The van der Waals surface area contributed by atoms with Crippen LogP contribution in [0, 0.1) is 0 Å². The lowest BCUT2D eigenvalue weighted by Crippen LogP contribution is -2.55. The first kappa shape index (κ1) is 13.8. The summed E-state index contributed by atoms with van der Waals surface area (Å²) in [4.78, 5) is 17.0. The van der Waals surface area contributed by atoms with Crippen LogP contribution < -0.4 is 5.32 Å². The fourth-order valence-corrected chi connectivity index (χ4v) is 3.48. The average Bonchev–Trinajstić information content (AvgIpc) is 2.79. The molecule has 2 saturated heterocycles. The molecule has 0 aromatic carbocycles.